The summed E-state index contributed by atoms with van der Waals surface area (Å²) in [4.78, 5) is 18.6. The smallest absolute Gasteiger partial charge is 0.187 e. The number of ketones is 1. The fourth-order valence-electron chi connectivity index (χ4n) is 4.03. The van der Waals surface area contributed by atoms with Crippen LogP contribution in [0.4, 0.5) is 11.4 Å². The maximum Gasteiger partial charge on any atom is 0.187 e. The second-order valence-electron chi connectivity index (χ2n) is 7.82. The second kappa shape index (κ2) is 8.66. The summed E-state index contributed by atoms with van der Waals surface area (Å²) in [6.45, 7) is 10.3. The molecule has 32 heavy (non-hydrogen) atoms. The van der Waals surface area contributed by atoms with Gasteiger partial charge in [0.05, 0.1) is 37.2 Å². The fourth-order valence-corrected chi connectivity index (χ4v) is 4.03. The Bertz CT molecular complexity index is 1290. The van der Waals surface area contributed by atoms with Crippen molar-refractivity contribution in [2.24, 2.45) is 0 Å². The summed E-state index contributed by atoms with van der Waals surface area (Å²) in [5, 5.41) is 5.47. The van der Waals surface area contributed by atoms with Gasteiger partial charge in [-0.1, -0.05) is 18.2 Å². The van der Waals surface area contributed by atoms with Gasteiger partial charge in [-0.15, -0.1) is 0 Å². The molecular weight excluding hydrogens is 400 g/mol. The maximum atomic E-state index is 12.8. The Morgan fingerprint density at radius 1 is 0.969 bits per heavy atom. The average molecular weight is 422 g/mol. The highest BCUT2D eigenvalue weighted by molar-refractivity contribution is 5.98. The molecule has 6 nitrogen and oxygen atoms in total. The number of fused-ring (bicyclic) bond motifs is 1. The Kier molecular flexibility index (Phi) is 5.40. The lowest BCUT2D eigenvalue weighted by molar-refractivity contribution is 0.0993. The molecule has 6 heteroatoms. The summed E-state index contributed by atoms with van der Waals surface area (Å²) < 4.78 is 7.25. The third-order valence-electron chi connectivity index (χ3n) is 5.79. The highest BCUT2D eigenvalue weighted by Gasteiger charge is 2.13. The first-order chi connectivity index (χ1) is 15.7. The van der Waals surface area contributed by atoms with E-state index in [1.54, 1.807) is 12.1 Å². The first kappa shape index (κ1) is 20.0. The van der Waals surface area contributed by atoms with Gasteiger partial charge in [0, 0.05) is 36.1 Å². The van der Waals surface area contributed by atoms with E-state index in [1.807, 2.05) is 65.5 Å². The molecule has 0 N–H and O–H groups in total. The molecule has 4 aromatic rings. The number of carbonyl (C=O) groups excluding carboxylic acids is 1. The second-order valence-corrected chi connectivity index (χ2v) is 7.82. The molecule has 0 bridgehead atoms. The van der Waals surface area contributed by atoms with Crippen LogP contribution in [0.25, 0.3) is 21.4 Å². The van der Waals surface area contributed by atoms with Crippen LogP contribution < -0.4 is 4.90 Å². The van der Waals surface area contributed by atoms with Crippen LogP contribution in [0.5, 0.6) is 0 Å². The van der Waals surface area contributed by atoms with E-state index in [0.717, 1.165) is 59.7 Å². The van der Waals surface area contributed by atoms with E-state index in [2.05, 4.69) is 14.8 Å². The summed E-state index contributed by atoms with van der Waals surface area (Å²) in [5.41, 5.74) is 5.27. The van der Waals surface area contributed by atoms with Crippen molar-refractivity contribution in [2.75, 3.05) is 31.2 Å². The third kappa shape index (κ3) is 3.98. The van der Waals surface area contributed by atoms with Gasteiger partial charge in [0.25, 0.3) is 0 Å². The number of ether oxygens (including phenoxy) is 1. The minimum Gasteiger partial charge on any atom is -0.378 e. The Morgan fingerprint density at radius 2 is 1.69 bits per heavy atom. The van der Waals surface area contributed by atoms with E-state index in [0.29, 0.717) is 12.1 Å². The summed E-state index contributed by atoms with van der Waals surface area (Å²) >= 11 is 0. The van der Waals surface area contributed by atoms with Gasteiger partial charge in [-0.2, -0.15) is 5.10 Å². The zero-order chi connectivity index (χ0) is 21.9. The lowest BCUT2D eigenvalue weighted by Crippen LogP contribution is -2.36. The Balaban J connectivity index is 1.31. The molecule has 0 spiro atoms. The molecule has 0 unspecified atom stereocenters. The molecule has 1 aliphatic heterocycles. The zero-order valence-electron chi connectivity index (χ0n) is 17.6. The van der Waals surface area contributed by atoms with Gasteiger partial charge in [0.2, 0.25) is 0 Å². The van der Waals surface area contributed by atoms with Crippen molar-refractivity contribution in [3.05, 3.63) is 95.5 Å². The van der Waals surface area contributed by atoms with Crippen LogP contribution in [0.1, 0.15) is 15.9 Å². The first-order valence-corrected chi connectivity index (χ1v) is 10.6. The van der Waals surface area contributed by atoms with Gasteiger partial charge in [0.1, 0.15) is 0 Å². The van der Waals surface area contributed by atoms with E-state index in [9.17, 15) is 4.79 Å². The molecule has 1 saturated heterocycles. The first-order valence-electron chi connectivity index (χ1n) is 10.6. The van der Waals surface area contributed by atoms with E-state index < -0.39 is 0 Å². The number of rotatable bonds is 5. The number of hydrogen-bond donors (Lipinski definition) is 0. The topological polar surface area (TPSA) is 51.7 Å². The Labute approximate surface area is 186 Å². The van der Waals surface area contributed by atoms with Crippen molar-refractivity contribution in [1.82, 2.24) is 9.78 Å². The predicted octanol–water partition coefficient (Wildman–Crippen LogP) is 4.84. The van der Waals surface area contributed by atoms with Crippen molar-refractivity contribution in [3.8, 4) is 5.69 Å². The Morgan fingerprint density at radius 3 is 2.41 bits per heavy atom. The largest absolute Gasteiger partial charge is 0.378 e. The van der Waals surface area contributed by atoms with Crippen molar-refractivity contribution in [2.45, 2.75) is 6.42 Å². The molecule has 0 atom stereocenters. The van der Waals surface area contributed by atoms with E-state index in [1.165, 1.54) is 0 Å². The monoisotopic (exact) mass is 422 g/mol. The molecule has 1 aromatic heterocycles. The number of nitrogens with zero attached hydrogens (tertiary/aromatic N) is 4. The molecular formula is C26H22N4O2. The number of morpholine rings is 1. The fraction of sp³-hybridized carbons (Fsp3) is 0.192. The normalized spacial score (nSPS) is 13.8. The molecule has 0 aliphatic carbocycles. The number of aromatic nitrogens is 2. The summed E-state index contributed by atoms with van der Waals surface area (Å²) in [7, 11) is 0. The lowest BCUT2D eigenvalue weighted by Gasteiger charge is -2.28. The van der Waals surface area contributed by atoms with Crippen LogP contribution in [0.15, 0.2) is 72.9 Å². The molecule has 3 aromatic carbocycles. The van der Waals surface area contributed by atoms with Crippen LogP contribution in [0.2, 0.25) is 0 Å². The van der Waals surface area contributed by atoms with Gasteiger partial charge in [0.15, 0.2) is 11.5 Å². The minimum absolute atomic E-state index is 0.0972. The summed E-state index contributed by atoms with van der Waals surface area (Å²) in [6, 6.07) is 21.2. The molecule has 2 heterocycles. The number of carbonyl (C=O) groups is 1. The molecule has 0 amide bonds. The van der Waals surface area contributed by atoms with E-state index in [-0.39, 0.29) is 5.78 Å². The van der Waals surface area contributed by atoms with Crippen LogP contribution in [0.3, 0.4) is 0 Å². The van der Waals surface area contributed by atoms with E-state index in [4.69, 9.17) is 11.3 Å². The van der Waals surface area contributed by atoms with Gasteiger partial charge in [-0.3, -0.25) is 4.79 Å². The number of anilines is 1. The number of hydrogen-bond acceptors (Lipinski definition) is 4. The highest BCUT2D eigenvalue weighted by atomic mass is 16.5. The number of Topliss-reactive ketones (excluding diaryl/α,β-unsaturated/α-hetero) is 1. The van der Waals surface area contributed by atoms with Crippen molar-refractivity contribution in [3.63, 3.8) is 0 Å². The quantitative estimate of drug-likeness (QED) is 0.341. The molecule has 158 valence electrons. The molecule has 1 aliphatic rings. The highest BCUT2D eigenvalue weighted by Crippen LogP contribution is 2.23. The SMILES string of the molecule is [C-]#[N+]c1ccc(-n2ncc3cc(CC(=O)c4ccc(N5CCOCC5)cc4)ccc32)cc1. The molecule has 0 radical (unpaired) electrons. The van der Waals surface area contributed by atoms with Crippen molar-refractivity contribution < 1.29 is 9.53 Å². The van der Waals surface area contributed by atoms with Gasteiger partial charge in [-0.25, -0.2) is 9.53 Å². The third-order valence-corrected chi connectivity index (χ3v) is 5.79. The standard InChI is InChI=1S/C26H22N4O2/c1-27-22-5-9-24(10-6-22)30-25-11-2-19(16-21(25)18-28-30)17-26(31)20-3-7-23(8-4-20)29-12-14-32-15-13-29/h2-11,16,18H,12-15,17H2. The zero-order valence-corrected chi connectivity index (χ0v) is 17.6. The summed E-state index contributed by atoms with van der Waals surface area (Å²) in [5.74, 6) is 0.0972. The van der Waals surface area contributed by atoms with Crippen LogP contribution in [-0.2, 0) is 11.2 Å². The van der Waals surface area contributed by atoms with Gasteiger partial charge in [-0.05, 0) is 54.1 Å². The summed E-state index contributed by atoms with van der Waals surface area (Å²) in [6.07, 6.45) is 2.15. The van der Waals surface area contributed by atoms with Crippen LogP contribution >= 0.6 is 0 Å². The molecule has 5 rings (SSSR count). The van der Waals surface area contributed by atoms with Crippen molar-refractivity contribution in [1.29, 1.82) is 0 Å². The maximum absolute atomic E-state index is 12.8. The van der Waals surface area contributed by atoms with E-state index >= 15 is 0 Å². The predicted molar refractivity (Wildman–Crippen MR) is 125 cm³/mol. The number of benzene rings is 3. The average Bonchev–Trinajstić information content (AvgIpc) is 3.28. The molecule has 0 saturated carbocycles. The van der Waals surface area contributed by atoms with Gasteiger partial charge >= 0.3 is 0 Å². The van der Waals surface area contributed by atoms with Crippen LogP contribution in [0, 0.1) is 6.57 Å². The lowest BCUT2D eigenvalue weighted by atomic mass is 10.0. The Hall–Kier alpha value is -3.95. The van der Waals surface area contributed by atoms with Crippen LogP contribution in [-0.4, -0.2) is 41.9 Å². The van der Waals surface area contributed by atoms with Crippen molar-refractivity contribution >= 4 is 28.1 Å². The van der Waals surface area contributed by atoms with Gasteiger partial charge < -0.3 is 9.64 Å². The minimum atomic E-state index is 0.0972. The molecule has 1 fully saturated rings.